The summed E-state index contributed by atoms with van der Waals surface area (Å²) in [4.78, 5) is 16.0. The number of likely N-dealkylation sites (tertiary alicyclic amines) is 2. The van der Waals surface area contributed by atoms with E-state index in [1.165, 1.54) is 0 Å². The minimum atomic E-state index is 0.258. The molecule has 2 aliphatic rings. The van der Waals surface area contributed by atoms with Gasteiger partial charge in [0.25, 0.3) is 0 Å². The maximum Gasteiger partial charge on any atom is 0.222 e. The lowest BCUT2D eigenvalue weighted by Gasteiger charge is -2.37. The normalized spacial score (nSPS) is 23.3. The Hall–Kier alpha value is -1.75. The number of amides is 1. The lowest BCUT2D eigenvalue weighted by atomic mass is 9.96. The molecule has 24 heavy (non-hydrogen) atoms. The molecule has 0 N–H and O–H groups in total. The SMILES string of the molecule is COc1ccccc1OC1CCN(CC2CCC(=O)N(C)C2)CC1. The van der Waals surface area contributed by atoms with Gasteiger partial charge in [0.1, 0.15) is 6.10 Å². The third-order valence-corrected chi connectivity index (χ3v) is 5.14. The van der Waals surface area contributed by atoms with Crippen LogP contribution in [-0.4, -0.2) is 62.1 Å². The minimum absolute atomic E-state index is 0.258. The summed E-state index contributed by atoms with van der Waals surface area (Å²) in [5, 5.41) is 0. The topological polar surface area (TPSA) is 42.0 Å². The molecule has 0 spiro atoms. The zero-order valence-electron chi connectivity index (χ0n) is 14.7. The highest BCUT2D eigenvalue weighted by Crippen LogP contribution is 2.29. The lowest BCUT2D eigenvalue weighted by molar-refractivity contribution is -0.133. The highest BCUT2D eigenvalue weighted by atomic mass is 16.5. The van der Waals surface area contributed by atoms with E-state index in [4.69, 9.17) is 9.47 Å². The van der Waals surface area contributed by atoms with Crippen LogP contribution in [0.5, 0.6) is 11.5 Å². The van der Waals surface area contributed by atoms with Crippen molar-refractivity contribution in [1.82, 2.24) is 9.80 Å². The Morgan fingerprint density at radius 2 is 1.83 bits per heavy atom. The van der Waals surface area contributed by atoms with E-state index >= 15 is 0 Å². The fourth-order valence-corrected chi connectivity index (χ4v) is 3.72. The molecule has 1 aromatic rings. The van der Waals surface area contributed by atoms with E-state index in [0.29, 0.717) is 12.3 Å². The van der Waals surface area contributed by atoms with E-state index in [2.05, 4.69) is 4.90 Å². The van der Waals surface area contributed by atoms with Crippen LogP contribution in [0, 0.1) is 5.92 Å². The largest absolute Gasteiger partial charge is 0.493 e. The van der Waals surface area contributed by atoms with Gasteiger partial charge < -0.3 is 19.3 Å². The molecule has 0 radical (unpaired) electrons. The predicted molar refractivity (Wildman–Crippen MR) is 93.4 cm³/mol. The quantitative estimate of drug-likeness (QED) is 0.830. The van der Waals surface area contributed by atoms with Crippen LogP contribution < -0.4 is 9.47 Å². The Kier molecular flexibility index (Phi) is 5.61. The second kappa shape index (κ2) is 7.88. The summed E-state index contributed by atoms with van der Waals surface area (Å²) >= 11 is 0. The number of hydrogen-bond acceptors (Lipinski definition) is 4. The molecular formula is C19H28N2O3. The first kappa shape index (κ1) is 17.1. The van der Waals surface area contributed by atoms with E-state index in [-0.39, 0.29) is 12.0 Å². The molecule has 0 aliphatic carbocycles. The predicted octanol–water partition coefficient (Wildman–Crippen LogP) is 2.41. The van der Waals surface area contributed by atoms with Gasteiger partial charge in [-0.3, -0.25) is 4.79 Å². The summed E-state index contributed by atoms with van der Waals surface area (Å²) in [6.45, 7) is 4.12. The molecule has 0 aromatic heterocycles. The number of nitrogens with zero attached hydrogens (tertiary/aromatic N) is 2. The van der Waals surface area contributed by atoms with Crippen molar-refractivity contribution in [2.45, 2.75) is 31.8 Å². The van der Waals surface area contributed by atoms with E-state index < -0.39 is 0 Å². The smallest absolute Gasteiger partial charge is 0.222 e. The van der Waals surface area contributed by atoms with Gasteiger partial charge in [-0.15, -0.1) is 0 Å². The summed E-state index contributed by atoms with van der Waals surface area (Å²) in [5.74, 6) is 2.54. The van der Waals surface area contributed by atoms with Crippen molar-refractivity contribution in [2.24, 2.45) is 5.92 Å². The molecule has 132 valence electrons. The first-order valence-electron chi connectivity index (χ1n) is 8.91. The number of methoxy groups -OCH3 is 1. The van der Waals surface area contributed by atoms with Crippen LogP contribution in [0.15, 0.2) is 24.3 Å². The molecular weight excluding hydrogens is 304 g/mol. The van der Waals surface area contributed by atoms with Gasteiger partial charge in [0.2, 0.25) is 5.91 Å². The van der Waals surface area contributed by atoms with E-state index in [1.54, 1.807) is 7.11 Å². The van der Waals surface area contributed by atoms with Gasteiger partial charge in [0.15, 0.2) is 11.5 Å². The van der Waals surface area contributed by atoms with Crippen molar-refractivity contribution in [3.63, 3.8) is 0 Å². The van der Waals surface area contributed by atoms with Crippen molar-refractivity contribution in [2.75, 3.05) is 40.3 Å². The fourth-order valence-electron chi connectivity index (χ4n) is 3.72. The van der Waals surface area contributed by atoms with Gasteiger partial charge in [-0.25, -0.2) is 0 Å². The van der Waals surface area contributed by atoms with Crippen LogP contribution in [0.25, 0.3) is 0 Å². The Morgan fingerprint density at radius 3 is 2.50 bits per heavy atom. The number of benzene rings is 1. The average molecular weight is 332 g/mol. The number of carbonyl (C=O) groups excluding carboxylic acids is 1. The second-order valence-corrected chi connectivity index (χ2v) is 6.95. The van der Waals surface area contributed by atoms with Gasteiger partial charge in [0, 0.05) is 39.6 Å². The monoisotopic (exact) mass is 332 g/mol. The maximum atomic E-state index is 11.6. The number of rotatable bonds is 5. The molecule has 2 aliphatic heterocycles. The number of hydrogen-bond donors (Lipinski definition) is 0. The number of piperidine rings is 2. The fraction of sp³-hybridized carbons (Fsp3) is 0.632. The summed E-state index contributed by atoms with van der Waals surface area (Å²) < 4.78 is 11.5. The van der Waals surface area contributed by atoms with Gasteiger partial charge in [-0.05, 0) is 37.3 Å². The molecule has 1 atom stereocenters. The molecule has 5 nitrogen and oxygen atoms in total. The van der Waals surface area contributed by atoms with Crippen molar-refractivity contribution in [3.05, 3.63) is 24.3 Å². The van der Waals surface area contributed by atoms with Crippen LogP contribution in [0.1, 0.15) is 25.7 Å². The molecule has 3 rings (SSSR count). The first-order valence-corrected chi connectivity index (χ1v) is 8.91. The number of para-hydroxylation sites is 2. The van der Waals surface area contributed by atoms with Crippen LogP contribution in [0.3, 0.4) is 0 Å². The third kappa shape index (κ3) is 4.20. The van der Waals surface area contributed by atoms with Crippen molar-refractivity contribution in [3.8, 4) is 11.5 Å². The van der Waals surface area contributed by atoms with Gasteiger partial charge in [-0.2, -0.15) is 0 Å². The van der Waals surface area contributed by atoms with Crippen LogP contribution in [0.4, 0.5) is 0 Å². The standard InChI is InChI=1S/C19H28N2O3/c1-20-13-15(7-8-19(20)22)14-21-11-9-16(10-12-21)24-18-6-4-3-5-17(18)23-2/h3-6,15-16H,7-14H2,1-2H3. The van der Waals surface area contributed by atoms with E-state index in [1.807, 2.05) is 36.2 Å². The lowest BCUT2D eigenvalue weighted by Crippen LogP contribution is -2.45. The molecule has 1 aromatic carbocycles. The molecule has 0 bridgehead atoms. The van der Waals surface area contributed by atoms with Crippen molar-refractivity contribution in [1.29, 1.82) is 0 Å². The molecule has 2 fully saturated rings. The van der Waals surface area contributed by atoms with Crippen LogP contribution in [-0.2, 0) is 4.79 Å². The Labute approximate surface area is 144 Å². The Morgan fingerprint density at radius 1 is 1.12 bits per heavy atom. The van der Waals surface area contributed by atoms with Gasteiger partial charge >= 0.3 is 0 Å². The summed E-state index contributed by atoms with van der Waals surface area (Å²) in [7, 11) is 3.60. The second-order valence-electron chi connectivity index (χ2n) is 6.95. The van der Waals surface area contributed by atoms with Crippen molar-refractivity contribution < 1.29 is 14.3 Å². The zero-order valence-corrected chi connectivity index (χ0v) is 14.7. The average Bonchev–Trinajstić information content (AvgIpc) is 2.60. The minimum Gasteiger partial charge on any atom is -0.493 e. The van der Waals surface area contributed by atoms with E-state index in [0.717, 1.165) is 56.9 Å². The summed E-state index contributed by atoms with van der Waals surface area (Å²) in [6, 6.07) is 7.85. The molecule has 2 saturated heterocycles. The van der Waals surface area contributed by atoms with Crippen LogP contribution in [0.2, 0.25) is 0 Å². The van der Waals surface area contributed by atoms with E-state index in [9.17, 15) is 4.79 Å². The van der Waals surface area contributed by atoms with Gasteiger partial charge in [-0.1, -0.05) is 12.1 Å². The Balaban J connectivity index is 1.45. The highest BCUT2D eigenvalue weighted by Gasteiger charge is 2.27. The molecule has 1 unspecified atom stereocenters. The highest BCUT2D eigenvalue weighted by molar-refractivity contribution is 5.76. The molecule has 0 saturated carbocycles. The third-order valence-electron chi connectivity index (χ3n) is 5.14. The van der Waals surface area contributed by atoms with Crippen molar-refractivity contribution >= 4 is 5.91 Å². The molecule has 2 heterocycles. The number of ether oxygens (including phenoxy) is 2. The maximum absolute atomic E-state index is 11.6. The molecule has 1 amide bonds. The summed E-state index contributed by atoms with van der Waals surface area (Å²) in [6.07, 6.45) is 4.07. The van der Waals surface area contributed by atoms with Gasteiger partial charge in [0.05, 0.1) is 7.11 Å². The van der Waals surface area contributed by atoms with Crippen LogP contribution >= 0.6 is 0 Å². The number of carbonyl (C=O) groups is 1. The molecule has 5 heteroatoms. The Bertz CT molecular complexity index is 555. The first-order chi connectivity index (χ1) is 11.7. The zero-order chi connectivity index (χ0) is 16.9. The summed E-state index contributed by atoms with van der Waals surface area (Å²) in [5.41, 5.74) is 0.